The molecule has 0 saturated carbocycles. The molecule has 2 heterocycles. The van der Waals surface area contributed by atoms with Crippen molar-refractivity contribution in [3.63, 3.8) is 0 Å². The van der Waals surface area contributed by atoms with Crippen LogP contribution < -0.4 is 5.32 Å². The van der Waals surface area contributed by atoms with Gasteiger partial charge in [0, 0.05) is 6.54 Å². The summed E-state index contributed by atoms with van der Waals surface area (Å²) in [5.41, 5.74) is 0.908. The lowest BCUT2D eigenvalue weighted by Crippen LogP contribution is -2.00. The number of hydrogen-bond donors (Lipinski definition) is 1. The Hall–Kier alpha value is -0.650. The van der Waals surface area contributed by atoms with E-state index < -0.39 is 0 Å². The van der Waals surface area contributed by atoms with Gasteiger partial charge in [-0.2, -0.15) is 8.75 Å². The summed E-state index contributed by atoms with van der Waals surface area (Å²) in [7, 11) is 0. The molecule has 1 N–H and O–H groups in total. The van der Waals surface area contributed by atoms with Gasteiger partial charge in [-0.05, 0) is 18.6 Å². The van der Waals surface area contributed by atoms with Crippen LogP contribution in [-0.2, 0) is 0 Å². The first kappa shape index (κ1) is 10.9. The Morgan fingerprint density at radius 1 is 1.40 bits per heavy atom. The number of aromatic nitrogens is 2. The van der Waals surface area contributed by atoms with E-state index in [-0.39, 0.29) is 0 Å². The minimum absolute atomic E-state index is 0.777. The van der Waals surface area contributed by atoms with Crippen molar-refractivity contribution in [2.45, 2.75) is 13.3 Å². The van der Waals surface area contributed by atoms with Gasteiger partial charge in [0.15, 0.2) is 5.82 Å². The number of anilines is 1. The monoisotopic (exact) mass is 259 g/mol. The van der Waals surface area contributed by atoms with Crippen LogP contribution in [0.15, 0.2) is 12.1 Å². The standard InChI is InChI=1S/C9H10ClN3S2/c1-2-5-11-9-8(12-15-13-9)6-3-4-7(10)14-6/h3-4H,2,5H2,1H3,(H,11,13). The Balaban J connectivity index is 2.24. The summed E-state index contributed by atoms with van der Waals surface area (Å²) in [4.78, 5) is 1.06. The van der Waals surface area contributed by atoms with Crippen LogP contribution in [0, 0.1) is 0 Å². The third-order valence-electron chi connectivity index (χ3n) is 1.84. The number of halogens is 1. The number of thiophene rings is 1. The Morgan fingerprint density at radius 3 is 2.93 bits per heavy atom. The van der Waals surface area contributed by atoms with Crippen molar-refractivity contribution in [1.82, 2.24) is 8.75 Å². The van der Waals surface area contributed by atoms with Crippen molar-refractivity contribution in [3.05, 3.63) is 16.5 Å². The summed E-state index contributed by atoms with van der Waals surface area (Å²) in [6.45, 7) is 3.03. The lowest BCUT2D eigenvalue weighted by atomic mass is 10.3. The second-order valence-corrected chi connectivity index (χ2v) is 5.24. The van der Waals surface area contributed by atoms with Gasteiger partial charge in [-0.3, -0.25) is 0 Å². The number of rotatable bonds is 4. The molecule has 0 aliphatic rings. The highest BCUT2D eigenvalue weighted by atomic mass is 35.5. The highest BCUT2D eigenvalue weighted by Gasteiger charge is 2.11. The van der Waals surface area contributed by atoms with E-state index >= 15 is 0 Å². The number of hydrogen-bond acceptors (Lipinski definition) is 5. The summed E-state index contributed by atoms with van der Waals surface area (Å²) in [6, 6.07) is 3.85. The van der Waals surface area contributed by atoms with Gasteiger partial charge in [0.25, 0.3) is 0 Å². The van der Waals surface area contributed by atoms with Crippen molar-refractivity contribution in [2.75, 3.05) is 11.9 Å². The third kappa shape index (κ3) is 2.48. The van der Waals surface area contributed by atoms with Gasteiger partial charge in [0.2, 0.25) is 0 Å². The van der Waals surface area contributed by atoms with Crippen molar-refractivity contribution in [2.24, 2.45) is 0 Å². The molecular weight excluding hydrogens is 250 g/mol. The molecule has 80 valence electrons. The molecule has 0 aliphatic carbocycles. The molecule has 0 spiro atoms. The average Bonchev–Trinajstić information content (AvgIpc) is 2.82. The Labute approximate surface area is 101 Å². The van der Waals surface area contributed by atoms with Gasteiger partial charge < -0.3 is 5.32 Å². The zero-order valence-corrected chi connectivity index (χ0v) is 10.5. The Bertz CT molecular complexity index is 438. The minimum atomic E-state index is 0.777. The molecule has 0 atom stereocenters. The largest absolute Gasteiger partial charge is 0.367 e. The zero-order valence-electron chi connectivity index (χ0n) is 8.16. The maximum absolute atomic E-state index is 5.89. The van der Waals surface area contributed by atoms with E-state index in [0.717, 1.165) is 33.7 Å². The molecule has 2 aromatic heterocycles. The summed E-state index contributed by atoms with van der Waals surface area (Å²) in [6.07, 6.45) is 1.07. The van der Waals surface area contributed by atoms with Crippen LogP contribution in [-0.4, -0.2) is 15.3 Å². The molecule has 0 unspecified atom stereocenters. The first-order valence-corrected chi connectivity index (χ1v) is 6.56. The summed E-state index contributed by atoms with van der Waals surface area (Å²) >= 11 is 8.63. The molecule has 3 nitrogen and oxygen atoms in total. The van der Waals surface area contributed by atoms with Gasteiger partial charge in [-0.1, -0.05) is 18.5 Å². The van der Waals surface area contributed by atoms with Crippen molar-refractivity contribution >= 4 is 40.5 Å². The molecule has 0 saturated heterocycles. The molecular formula is C9H10ClN3S2. The SMILES string of the molecule is CCCNc1nsnc1-c1ccc(Cl)s1. The lowest BCUT2D eigenvalue weighted by molar-refractivity contribution is 0.974. The second-order valence-electron chi connectivity index (χ2n) is 2.99. The molecule has 0 aromatic carbocycles. The van der Waals surface area contributed by atoms with Crippen LogP contribution in [0.3, 0.4) is 0 Å². The van der Waals surface area contributed by atoms with Gasteiger partial charge in [-0.25, -0.2) is 0 Å². The van der Waals surface area contributed by atoms with Crippen LogP contribution in [0.5, 0.6) is 0 Å². The molecule has 2 aromatic rings. The van der Waals surface area contributed by atoms with E-state index in [9.17, 15) is 0 Å². The van der Waals surface area contributed by atoms with E-state index in [2.05, 4.69) is 21.0 Å². The van der Waals surface area contributed by atoms with Crippen molar-refractivity contribution in [3.8, 4) is 10.6 Å². The summed E-state index contributed by atoms with van der Waals surface area (Å²) in [5.74, 6) is 0.861. The minimum Gasteiger partial charge on any atom is -0.367 e. The molecule has 0 fully saturated rings. The third-order valence-corrected chi connectivity index (χ3v) is 3.60. The summed E-state index contributed by atoms with van der Waals surface area (Å²) < 4.78 is 9.27. The van der Waals surface area contributed by atoms with Gasteiger partial charge in [0.1, 0.15) is 5.69 Å². The molecule has 0 amide bonds. The van der Waals surface area contributed by atoms with Crippen LogP contribution in [0.25, 0.3) is 10.6 Å². The highest BCUT2D eigenvalue weighted by molar-refractivity contribution is 7.19. The fourth-order valence-corrected chi connectivity index (χ4v) is 2.78. The molecule has 0 bridgehead atoms. The first-order valence-electron chi connectivity index (χ1n) is 4.63. The van der Waals surface area contributed by atoms with E-state index in [1.165, 1.54) is 23.1 Å². The van der Waals surface area contributed by atoms with Crippen LogP contribution >= 0.6 is 34.7 Å². The predicted molar refractivity (Wildman–Crippen MR) is 67.0 cm³/mol. The fraction of sp³-hybridized carbons (Fsp3) is 0.333. The van der Waals surface area contributed by atoms with Crippen LogP contribution in [0.4, 0.5) is 5.82 Å². The fourth-order valence-electron chi connectivity index (χ4n) is 1.15. The average molecular weight is 260 g/mol. The highest BCUT2D eigenvalue weighted by Crippen LogP contribution is 2.33. The molecule has 15 heavy (non-hydrogen) atoms. The predicted octanol–water partition coefficient (Wildman–Crippen LogP) is 3.74. The summed E-state index contributed by atoms with van der Waals surface area (Å²) in [5, 5.41) is 3.25. The second kappa shape index (κ2) is 4.92. The quantitative estimate of drug-likeness (QED) is 0.909. The van der Waals surface area contributed by atoms with Crippen LogP contribution in [0.1, 0.15) is 13.3 Å². The zero-order chi connectivity index (χ0) is 10.7. The van der Waals surface area contributed by atoms with E-state index in [4.69, 9.17) is 11.6 Å². The lowest BCUT2D eigenvalue weighted by Gasteiger charge is -2.00. The smallest absolute Gasteiger partial charge is 0.168 e. The number of nitrogens with one attached hydrogen (secondary N) is 1. The van der Waals surface area contributed by atoms with Crippen molar-refractivity contribution in [1.29, 1.82) is 0 Å². The Morgan fingerprint density at radius 2 is 2.27 bits per heavy atom. The normalized spacial score (nSPS) is 10.5. The number of nitrogens with zero attached hydrogens (tertiary/aromatic N) is 2. The van der Waals surface area contributed by atoms with E-state index in [0.29, 0.717) is 0 Å². The van der Waals surface area contributed by atoms with Gasteiger partial charge in [-0.15, -0.1) is 11.3 Å². The Kier molecular flexibility index (Phi) is 3.56. The topological polar surface area (TPSA) is 37.8 Å². The first-order chi connectivity index (χ1) is 7.31. The molecule has 2 rings (SSSR count). The maximum Gasteiger partial charge on any atom is 0.168 e. The molecule has 0 radical (unpaired) electrons. The van der Waals surface area contributed by atoms with Crippen molar-refractivity contribution < 1.29 is 0 Å². The van der Waals surface area contributed by atoms with Gasteiger partial charge in [0.05, 0.1) is 20.9 Å². The van der Waals surface area contributed by atoms with Gasteiger partial charge >= 0.3 is 0 Å². The van der Waals surface area contributed by atoms with Crippen LogP contribution in [0.2, 0.25) is 4.34 Å². The molecule has 6 heteroatoms. The van der Waals surface area contributed by atoms with E-state index in [1.807, 2.05) is 12.1 Å². The molecule has 0 aliphatic heterocycles. The van der Waals surface area contributed by atoms with E-state index in [1.54, 1.807) is 0 Å². The maximum atomic E-state index is 5.89.